The summed E-state index contributed by atoms with van der Waals surface area (Å²) in [5, 5.41) is 16.1. The molecule has 2 rings (SSSR count). The summed E-state index contributed by atoms with van der Waals surface area (Å²) < 4.78 is 1.59. The first-order valence-corrected chi connectivity index (χ1v) is 6.04. The van der Waals surface area contributed by atoms with Crippen LogP contribution in [0.1, 0.15) is 35.4 Å². The van der Waals surface area contributed by atoms with Gasteiger partial charge in [0.1, 0.15) is 5.69 Å². The second-order valence-electron chi connectivity index (χ2n) is 4.72. The van der Waals surface area contributed by atoms with Gasteiger partial charge < -0.3 is 10.4 Å². The Kier molecular flexibility index (Phi) is 3.47. The van der Waals surface area contributed by atoms with Crippen LogP contribution in [0.2, 0.25) is 0 Å². The number of carbonyl (C=O) groups is 1. The highest BCUT2D eigenvalue weighted by atomic mass is 16.3. The third-order valence-electron chi connectivity index (χ3n) is 3.18. The highest BCUT2D eigenvalue weighted by Gasteiger charge is 2.32. The number of hydrogen-bond acceptors (Lipinski definition) is 3. The van der Waals surface area contributed by atoms with Gasteiger partial charge in [0.05, 0.1) is 5.69 Å². The second-order valence-corrected chi connectivity index (χ2v) is 4.72. The number of nitrogens with zero attached hydrogens (tertiary/aromatic N) is 2. The van der Waals surface area contributed by atoms with Crippen molar-refractivity contribution in [1.29, 1.82) is 0 Å². The molecule has 0 radical (unpaired) electrons. The Bertz CT molecular complexity index is 410. The number of nitrogens with one attached hydrogen (secondary N) is 1. The first-order valence-electron chi connectivity index (χ1n) is 6.04. The average Bonchev–Trinajstić information content (AvgIpc) is 3.04. The van der Waals surface area contributed by atoms with Crippen molar-refractivity contribution in [1.82, 2.24) is 15.1 Å². The molecule has 0 spiro atoms. The number of aromatic nitrogens is 2. The Morgan fingerprint density at radius 2 is 2.41 bits per heavy atom. The molecule has 17 heavy (non-hydrogen) atoms. The molecule has 5 heteroatoms. The molecule has 1 aromatic heterocycles. The molecule has 94 valence electrons. The molecule has 1 unspecified atom stereocenters. The zero-order valence-corrected chi connectivity index (χ0v) is 10.3. The smallest absolute Gasteiger partial charge is 0.269 e. The van der Waals surface area contributed by atoms with E-state index in [1.165, 1.54) is 0 Å². The van der Waals surface area contributed by atoms with E-state index >= 15 is 0 Å². The van der Waals surface area contributed by atoms with Gasteiger partial charge in [-0.2, -0.15) is 5.10 Å². The number of carbonyl (C=O) groups excluding carboxylic acids is 1. The highest BCUT2D eigenvalue weighted by molar-refractivity contribution is 5.92. The summed E-state index contributed by atoms with van der Waals surface area (Å²) in [6.45, 7) is 1.98. The number of aliphatic hydroxyl groups is 1. The summed E-state index contributed by atoms with van der Waals surface area (Å²) in [4.78, 5) is 12.0. The summed E-state index contributed by atoms with van der Waals surface area (Å²) in [6.07, 6.45) is 2.93. The van der Waals surface area contributed by atoms with Crippen molar-refractivity contribution in [2.45, 2.75) is 32.2 Å². The van der Waals surface area contributed by atoms with Crippen LogP contribution in [0.5, 0.6) is 0 Å². The lowest BCUT2D eigenvalue weighted by Gasteiger charge is -2.16. The minimum Gasteiger partial charge on any atom is -0.396 e. The molecule has 1 aromatic rings. The predicted octanol–water partition coefficient (Wildman–Crippen LogP) is 0.619. The summed E-state index contributed by atoms with van der Waals surface area (Å²) >= 11 is 0. The van der Waals surface area contributed by atoms with E-state index in [2.05, 4.69) is 10.4 Å². The molecule has 1 saturated carbocycles. The lowest BCUT2D eigenvalue weighted by atomic mass is 10.1. The molecule has 0 bridgehead atoms. The molecular weight excluding hydrogens is 218 g/mol. The minimum absolute atomic E-state index is 0.0987. The van der Waals surface area contributed by atoms with Gasteiger partial charge in [0.15, 0.2) is 0 Å². The van der Waals surface area contributed by atoms with E-state index in [1.54, 1.807) is 17.8 Å². The summed E-state index contributed by atoms with van der Waals surface area (Å²) in [5.74, 6) is 0.443. The Labute approximate surface area is 101 Å². The van der Waals surface area contributed by atoms with Gasteiger partial charge in [-0.15, -0.1) is 0 Å². The van der Waals surface area contributed by atoms with Crippen LogP contribution in [0.25, 0.3) is 0 Å². The zero-order valence-electron chi connectivity index (χ0n) is 10.3. The summed E-state index contributed by atoms with van der Waals surface area (Å²) in [5.41, 5.74) is 1.41. The van der Waals surface area contributed by atoms with Crippen molar-refractivity contribution in [3.05, 3.63) is 17.5 Å². The molecule has 1 aliphatic carbocycles. The van der Waals surface area contributed by atoms with E-state index in [0.717, 1.165) is 18.5 Å². The molecule has 0 saturated heterocycles. The van der Waals surface area contributed by atoms with Gasteiger partial charge in [-0.3, -0.25) is 9.48 Å². The minimum atomic E-state index is -0.0987. The molecule has 0 aliphatic heterocycles. The Morgan fingerprint density at radius 1 is 1.71 bits per heavy atom. The second kappa shape index (κ2) is 4.87. The maximum atomic E-state index is 12.0. The van der Waals surface area contributed by atoms with Crippen LogP contribution in [-0.2, 0) is 7.05 Å². The van der Waals surface area contributed by atoms with Crippen molar-refractivity contribution in [3.8, 4) is 0 Å². The molecule has 0 aromatic carbocycles. The number of amides is 1. The van der Waals surface area contributed by atoms with Crippen molar-refractivity contribution in [2.75, 3.05) is 6.61 Å². The van der Waals surface area contributed by atoms with Gasteiger partial charge in [-0.05, 0) is 38.2 Å². The summed E-state index contributed by atoms with van der Waals surface area (Å²) in [7, 11) is 1.76. The summed E-state index contributed by atoms with van der Waals surface area (Å²) in [6, 6.07) is 1.88. The Balaban J connectivity index is 2.02. The average molecular weight is 237 g/mol. The maximum absolute atomic E-state index is 12.0. The molecule has 1 amide bonds. The fourth-order valence-corrected chi connectivity index (χ4v) is 2.13. The molecule has 1 atom stereocenters. The maximum Gasteiger partial charge on any atom is 0.269 e. The van der Waals surface area contributed by atoms with Gasteiger partial charge in [0.2, 0.25) is 0 Å². The standard InChI is InChI=1S/C12H19N3O2/c1-8-7-11(15(2)14-8)12(17)13-10(5-6-16)9-3-4-9/h7,9-10,16H,3-6H2,1-2H3,(H,13,17). The third-order valence-corrected chi connectivity index (χ3v) is 3.18. The van der Waals surface area contributed by atoms with Crippen LogP contribution in [-0.4, -0.2) is 33.4 Å². The lowest BCUT2D eigenvalue weighted by molar-refractivity contribution is 0.0914. The van der Waals surface area contributed by atoms with Crippen molar-refractivity contribution >= 4 is 5.91 Å². The van der Waals surface area contributed by atoms with Gasteiger partial charge in [-0.1, -0.05) is 0 Å². The fourth-order valence-electron chi connectivity index (χ4n) is 2.13. The fraction of sp³-hybridized carbons (Fsp3) is 0.667. The Hall–Kier alpha value is -1.36. The first kappa shape index (κ1) is 12.1. The predicted molar refractivity (Wildman–Crippen MR) is 63.6 cm³/mol. The van der Waals surface area contributed by atoms with Crippen LogP contribution in [0.3, 0.4) is 0 Å². The van der Waals surface area contributed by atoms with E-state index in [9.17, 15) is 4.79 Å². The number of aliphatic hydroxyl groups excluding tert-OH is 1. The van der Waals surface area contributed by atoms with Crippen LogP contribution >= 0.6 is 0 Å². The molecule has 1 aliphatic rings. The number of aryl methyl sites for hydroxylation is 2. The van der Waals surface area contributed by atoms with Gasteiger partial charge >= 0.3 is 0 Å². The van der Waals surface area contributed by atoms with Gasteiger partial charge in [-0.25, -0.2) is 0 Å². The Morgan fingerprint density at radius 3 is 2.88 bits per heavy atom. The van der Waals surface area contributed by atoms with Crippen molar-refractivity contribution in [2.24, 2.45) is 13.0 Å². The van der Waals surface area contributed by atoms with Gasteiger partial charge in [0.25, 0.3) is 5.91 Å². The lowest BCUT2D eigenvalue weighted by Crippen LogP contribution is -2.38. The van der Waals surface area contributed by atoms with Crippen molar-refractivity contribution in [3.63, 3.8) is 0 Å². The van der Waals surface area contributed by atoms with Crippen LogP contribution < -0.4 is 5.32 Å². The van der Waals surface area contributed by atoms with E-state index in [4.69, 9.17) is 5.11 Å². The van der Waals surface area contributed by atoms with Gasteiger partial charge in [0, 0.05) is 19.7 Å². The first-order chi connectivity index (χ1) is 8.11. The molecule has 2 N–H and O–H groups in total. The quantitative estimate of drug-likeness (QED) is 0.789. The van der Waals surface area contributed by atoms with Crippen LogP contribution in [0.4, 0.5) is 0 Å². The molecule has 1 heterocycles. The third kappa shape index (κ3) is 2.85. The van der Waals surface area contributed by atoms with E-state index < -0.39 is 0 Å². The number of hydrogen-bond donors (Lipinski definition) is 2. The van der Waals surface area contributed by atoms with E-state index in [0.29, 0.717) is 18.0 Å². The van der Waals surface area contributed by atoms with Crippen LogP contribution in [0, 0.1) is 12.8 Å². The molecular formula is C12H19N3O2. The van der Waals surface area contributed by atoms with E-state index in [-0.39, 0.29) is 18.6 Å². The molecule has 1 fully saturated rings. The van der Waals surface area contributed by atoms with Crippen LogP contribution in [0.15, 0.2) is 6.07 Å². The highest BCUT2D eigenvalue weighted by Crippen LogP contribution is 2.34. The molecule has 5 nitrogen and oxygen atoms in total. The normalized spacial score (nSPS) is 16.9. The number of rotatable bonds is 5. The topological polar surface area (TPSA) is 67.2 Å². The largest absolute Gasteiger partial charge is 0.396 e. The van der Waals surface area contributed by atoms with E-state index in [1.807, 2.05) is 6.92 Å². The SMILES string of the molecule is Cc1cc(C(=O)NC(CCO)C2CC2)n(C)n1. The van der Waals surface area contributed by atoms with Crippen molar-refractivity contribution < 1.29 is 9.90 Å². The monoisotopic (exact) mass is 237 g/mol. The zero-order chi connectivity index (χ0) is 12.4.